The third-order valence-electron chi connectivity index (χ3n) is 2.41. The zero-order chi connectivity index (χ0) is 13.8. The van der Waals surface area contributed by atoms with Crippen LogP contribution in [0.25, 0.3) is 0 Å². The number of nitrogens with zero attached hydrogens (tertiary/aromatic N) is 1. The molecule has 4 nitrogen and oxygen atoms in total. The molecule has 2 aromatic rings. The number of halogens is 2. The highest BCUT2D eigenvalue weighted by Gasteiger charge is 2.07. The number of hydrogen-bond donors (Lipinski definition) is 1. The van der Waals surface area contributed by atoms with Crippen LogP contribution < -0.4 is 10.9 Å². The second kappa shape index (κ2) is 6.16. The molecule has 1 aromatic heterocycles. The lowest BCUT2D eigenvalue weighted by atomic mass is 10.3. The Kier molecular flexibility index (Phi) is 4.55. The predicted octanol–water partition coefficient (Wildman–Crippen LogP) is 3.01. The lowest BCUT2D eigenvalue weighted by molar-refractivity contribution is -0.116. The fraction of sp³-hybridized carbons (Fsp3) is 0.0769. The Morgan fingerprint density at radius 2 is 1.89 bits per heavy atom. The monoisotopic (exact) mass is 384 g/mol. The second-order valence-corrected chi connectivity index (χ2v) is 5.61. The van der Waals surface area contributed by atoms with Gasteiger partial charge >= 0.3 is 0 Å². The maximum Gasteiger partial charge on any atom is 0.251 e. The van der Waals surface area contributed by atoms with E-state index in [1.54, 1.807) is 18.3 Å². The summed E-state index contributed by atoms with van der Waals surface area (Å²) in [5.74, 6) is -0.257. The van der Waals surface area contributed by atoms with Crippen molar-refractivity contribution in [3.05, 3.63) is 61.9 Å². The Bertz CT molecular complexity index is 668. The zero-order valence-electron chi connectivity index (χ0n) is 9.77. The topological polar surface area (TPSA) is 51.1 Å². The minimum Gasteiger partial charge on any atom is -0.324 e. The fourth-order valence-corrected chi connectivity index (χ4v) is 2.30. The minimum atomic E-state index is -0.257. The molecule has 1 amide bonds. The number of carbonyl (C=O) groups is 1. The quantitative estimate of drug-likeness (QED) is 0.882. The Hall–Kier alpha value is -1.40. The first-order valence-electron chi connectivity index (χ1n) is 5.46. The van der Waals surface area contributed by atoms with Gasteiger partial charge in [0.2, 0.25) is 5.91 Å². The molecule has 0 bridgehead atoms. The largest absolute Gasteiger partial charge is 0.324 e. The molecule has 1 N–H and O–H groups in total. The van der Waals surface area contributed by atoms with E-state index in [0.29, 0.717) is 5.69 Å². The van der Waals surface area contributed by atoms with Gasteiger partial charge in [-0.3, -0.25) is 9.59 Å². The smallest absolute Gasteiger partial charge is 0.251 e. The molecular weight excluding hydrogens is 376 g/mol. The third kappa shape index (κ3) is 3.78. The molecule has 2 rings (SSSR count). The van der Waals surface area contributed by atoms with E-state index in [0.717, 1.165) is 8.95 Å². The summed E-state index contributed by atoms with van der Waals surface area (Å²) in [4.78, 5) is 23.5. The number of amides is 1. The molecule has 0 atom stereocenters. The van der Waals surface area contributed by atoms with Crippen LogP contribution >= 0.6 is 31.9 Å². The lowest BCUT2D eigenvalue weighted by Crippen LogP contribution is -2.26. The molecule has 0 radical (unpaired) electrons. The molecule has 98 valence electrons. The van der Waals surface area contributed by atoms with E-state index >= 15 is 0 Å². The normalized spacial score (nSPS) is 10.2. The van der Waals surface area contributed by atoms with Gasteiger partial charge in [-0.25, -0.2) is 0 Å². The van der Waals surface area contributed by atoms with E-state index in [1.165, 1.54) is 10.6 Å². The van der Waals surface area contributed by atoms with Crippen molar-refractivity contribution >= 4 is 43.5 Å². The summed E-state index contributed by atoms with van der Waals surface area (Å²) in [5.41, 5.74) is 0.459. The van der Waals surface area contributed by atoms with Crippen molar-refractivity contribution in [2.75, 3.05) is 5.32 Å². The van der Waals surface area contributed by atoms with Crippen molar-refractivity contribution in [1.29, 1.82) is 0 Å². The molecule has 1 aromatic carbocycles. The highest BCUT2D eigenvalue weighted by atomic mass is 79.9. The summed E-state index contributed by atoms with van der Waals surface area (Å²) >= 11 is 6.61. The van der Waals surface area contributed by atoms with Gasteiger partial charge in [0.15, 0.2) is 0 Å². The van der Waals surface area contributed by atoms with Gasteiger partial charge in [0.05, 0.1) is 5.69 Å². The molecule has 1 heterocycles. The van der Waals surface area contributed by atoms with E-state index < -0.39 is 0 Å². The minimum absolute atomic E-state index is 0.0282. The van der Waals surface area contributed by atoms with Crippen LogP contribution in [0.1, 0.15) is 0 Å². The number of pyridine rings is 1. The molecular formula is C13H10Br2N2O2. The maximum absolute atomic E-state index is 11.9. The number of carbonyl (C=O) groups excluding carboxylic acids is 1. The predicted molar refractivity (Wildman–Crippen MR) is 81.2 cm³/mol. The number of anilines is 1. The molecule has 0 saturated heterocycles. The Morgan fingerprint density at radius 1 is 1.16 bits per heavy atom. The van der Waals surface area contributed by atoms with Crippen molar-refractivity contribution in [2.45, 2.75) is 6.54 Å². The summed E-state index contributed by atoms with van der Waals surface area (Å²) in [6.45, 7) is -0.0282. The molecule has 0 spiro atoms. The van der Waals surface area contributed by atoms with Crippen LogP contribution in [0.4, 0.5) is 5.69 Å². The average molecular weight is 386 g/mol. The molecule has 0 aliphatic heterocycles. The van der Waals surface area contributed by atoms with Crippen molar-refractivity contribution in [3.63, 3.8) is 0 Å². The van der Waals surface area contributed by atoms with Gasteiger partial charge in [-0.15, -0.1) is 0 Å². The standard InChI is InChI=1S/C13H10Br2N2O2/c14-9-5-6-13(19)17(7-9)8-12(18)16-11-4-2-1-3-10(11)15/h1-7H,8H2,(H,16,18). The molecule has 0 saturated carbocycles. The average Bonchev–Trinajstić information content (AvgIpc) is 2.37. The van der Waals surface area contributed by atoms with Gasteiger partial charge in [-0.1, -0.05) is 12.1 Å². The third-order valence-corrected chi connectivity index (χ3v) is 3.57. The second-order valence-electron chi connectivity index (χ2n) is 3.84. The Morgan fingerprint density at radius 3 is 2.63 bits per heavy atom. The van der Waals surface area contributed by atoms with E-state index in [-0.39, 0.29) is 18.0 Å². The van der Waals surface area contributed by atoms with E-state index in [2.05, 4.69) is 37.2 Å². The number of rotatable bonds is 3. The molecule has 19 heavy (non-hydrogen) atoms. The molecule has 0 fully saturated rings. The lowest BCUT2D eigenvalue weighted by Gasteiger charge is -2.08. The Balaban J connectivity index is 2.12. The number of aromatic nitrogens is 1. The first kappa shape index (κ1) is 14.0. The van der Waals surface area contributed by atoms with Gasteiger partial charge in [-0.05, 0) is 50.1 Å². The SMILES string of the molecule is O=C(Cn1cc(Br)ccc1=O)Nc1ccccc1Br. The van der Waals surface area contributed by atoms with Gasteiger partial charge in [0, 0.05) is 21.2 Å². The van der Waals surface area contributed by atoms with Crippen molar-refractivity contribution < 1.29 is 4.79 Å². The molecule has 0 unspecified atom stereocenters. The number of benzene rings is 1. The highest BCUT2D eigenvalue weighted by molar-refractivity contribution is 9.10. The van der Waals surface area contributed by atoms with E-state index in [1.807, 2.05) is 18.2 Å². The molecule has 0 aliphatic rings. The molecule has 0 aliphatic carbocycles. The van der Waals surface area contributed by atoms with Gasteiger partial charge < -0.3 is 9.88 Å². The van der Waals surface area contributed by atoms with Gasteiger partial charge in [-0.2, -0.15) is 0 Å². The van der Waals surface area contributed by atoms with E-state index in [4.69, 9.17) is 0 Å². The van der Waals surface area contributed by atoms with Crippen LogP contribution in [0.15, 0.2) is 56.3 Å². The van der Waals surface area contributed by atoms with Gasteiger partial charge in [0.1, 0.15) is 6.54 Å². The first-order valence-corrected chi connectivity index (χ1v) is 7.05. The van der Waals surface area contributed by atoms with Crippen LogP contribution in [0, 0.1) is 0 Å². The number of nitrogens with one attached hydrogen (secondary N) is 1. The molecule has 6 heteroatoms. The summed E-state index contributed by atoms with van der Waals surface area (Å²) in [5, 5.41) is 2.74. The summed E-state index contributed by atoms with van der Waals surface area (Å²) in [7, 11) is 0. The fourth-order valence-electron chi connectivity index (χ4n) is 1.53. The zero-order valence-corrected chi connectivity index (χ0v) is 12.9. The summed E-state index contributed by atoms with van der Waals surface area (Å²) in [6, 6.07) is 10.4. The highest BCUT2D eigenvalue weighted by Crippen LogP contribution is 2.21. The van der Waals surface area contributed by atoms with Crippen molar-refractivity contribution in [2.24, 2.45) is 0 Å². The van der Waals surface area contributed by atoms with Crippen molar-refractivity contribution in [1.82, 2.24) is 4.57 Å². The summed E-state index contributed by atoms with van der Waals surface area (Å²) in [6.07, 6.45) is 1.59. The van der Waals surface area contributed by atoms with Crippen LogP contribution in [-0.2, 0) is 11.3 Å². The summed E-state index contributed by atoms with van der Waals surface area (Å²) < 4.78 is 2.89. The first-order chi connectivity index (χ1) is 9.06. The van der Waals surface area contributed by atoms with Crippen molar-refractivity contribution in [3.8, 4) is 0 Å². The maximum atomic E-state index is 11.9. The van der Waals surface area contributed by atoms with E-state index in [9.17, 15) is 9.59 Å². The van der Waals surface area contributed by atoms with Crippen LogP contribution in [0.2, 0.25) is 0 Å². The number of para-hydroxylation sites is 1. The van der Waals surface area contributed by atoms with Gasteiger partial charge in [0.25, 0.3) is 5.56 Å². The Labute approximate surface area is 126 Å². The van der Waals surface area contributed by atoms with Crippen LogP contribution in [-0.4, -0.2) is 10.5 Å². The number of hydrogen-bond acceptors (Lipinski definition) is 2. The van der Waals surface area contributed by atoms with Crippen LogP contribution in [0.3, 0.4) is 0 Å². The van der Waals surface area contributed by atoms with Crippen LogP contribution in [0.5, 0.6) is 0 Å².